The first-order chi connectivity index (χ1) is 12.8. The number of pyridine rings is 1. The Labute approximate surface area is 158 Å². The zero-order valence-corrected chi connectivity index (χ0v) is 16.0. The average Bonchev–Trinajstić information content (AvgIpc) is 3.02. The number of hydrogen-bond donors (Lipinski definition) is 1. The molecule has 1 N–H and O–H groups in total. The molecular formula is C19H21N3O4S. The number of para-hydroxylation sites is 1. The van der Waals surface area contributed by atoms with Gasteiger partial charge in [0.2, 0.25) is 0 Å². The molecule has 0 bridgehead atoms. The largest absolute Gasteiger partial charge is 0.336 e. The van der Waals surface area contributed by atoms with Crippen LogP contribution in [0.4, 0.5) is 5.69 Å². The van der Waals surface area contributed by atoms with Gasteiger partial charge in [-0.25, -0.2) is 13.4 Å². The van der Waals surface area contributed by atoms with Gasteiger partial charge in [-0.2, -0.15) is 0 Å². The minimum atomic E-state index is -3.09. The van der Waals surface area contributed by atoms with Crippen molar-refractivity contribution in [3.05, 3.63) is 59.4 Å². The van der Waals surface area contributed by atoms with Crippen LogP contribution in [0.3, 0.4) is 0 Å². The molecular weight excluding hydrogens is 366 g/mol. The van der Waals surface area contributed by atoms with E-state index in [4.69, 9.17) is 0 Å². The minimum Gasteiger partial charge on any atom is -0.336 e. The number of nitrogens with zero attached hydrogens (tertiary/aromatic N) is 2. The first-order valence-corrected chi connectivity index (χ1v) is 10.4. The maximum absolute atomic E-state index is 12.7. The third-order valence-electron chi connectivity index (χ3n) is 4.67. The molecule has 2 heterocycles. The first kappa shape index (κ1) is 19.0. The van der Waals surface area contributed by atoms with Crippen LogP contribution in [-0.2, 0) is 9.84 Å². The number of sulfone groups is 1. The lowest BCUT2D eigenvalue weighted by Gasteiger charge is -2.23. The third kappa shape index (κ3) is 4.33. The number of aryl methyl sites for hydroxylation is 1. The van der Waals surface area contributed by atoms with Gasteiger partial charge in [-0.15, -0.1) is 0 Å². The Bertz CT molecular complexity index is 988. The van der Waals surface area contributed by atoms with Gasteiger partial charge >= 0.3 is 0 Å². The summed E-state index contributed by atoms with van der Waals surface area (Å²) in [5.74, 6) is -0.766. The van der Waals surface area contributed by atoms with E-state index >= 15 is 0 Å². The minimum absolute atomic E-state index is 0.0390. The highest BCUT2D eigenvalue weighted by Gasteiger charge is 2.33. The SMILES string of the molecule is Cc1ccccc1NC(=O)c1cccc(C(=O)N(C)C2CCS(=O)(=O)C2)n1. The van der Waals surface area contributed by atoms with Crippen LogP contribution < -0.4 is 5.32 Å². The standard InChI is InChI=1S/C19H21N3O4S/c1-13-6-3-4-7-15(13)21-18(23)16-8-5-9-17(20-16)19(24)22(2)14-10-11-27(25,26)12-14/h3-9,14H,10-12H2,1-2H3,(H,21,23). The van der Waals surface area contributed by atoms with E-state index < -0.39 is 21.7 Å². The molecule has 0 saturated carbocycles. The molecule has 0 radical (unpaired) electrons. The molecule has 142 valence electrons. The molecule has 7 nitrogen and oxygen atoms in total. The molecule has 1 fully saturated rings. The molecule has 1 aromatic carbocycles. The van der Waals surface area contributed by atoms with Crippen LogP contribution >= 0.6 is 0 Å². The van der Waals surface area contributed by atoms with Gasteiger partial charge in [0.05, 0.1) is 11.5 Å². The van der Waals surface area contributed by atoms with Gasteiger partial charge in [0.25, 0.3) is 11.8 Å². The predicted octanol–water partition coefficient (Wildman–Crippen LogP) is 1.90. The summed E-state index contributed by atoms with van der Waals surface area (Å²) >= 11 is 0. The van der Waals surface area contributed by atoms with Gasteiger partial charge in [-0.1, -0.05) is 24.3 Å². The van der Waals surface area contributed by atoms with Crippen LogP contribution in [0.15, 0.2) is 42.5 Å². The fourth-order valence-electron chi connectivity index (χ4n) is 3.01. The van der Waals surface area contributed by atoms with E-state index in [1.165, 1.54) is 17.0 Å². The molecule has 2 amide bonds. The van der Waals surface area contributed by atoms with Crippen LogP contribution in [0, 0.1) is 6.92 Å². The number of benzene rings is 1. The Morgan fingerprint density at radius 2 is 1.81 bits per heavy atom. The summed E-state index contributed by atoms with van der Waals surface area (Å²) in [6.45, 7) is 1.88. The second-order valence-corrected chi connectivity index (χ2v) is 8.88. The molecule has 8 heteroatoms. The number of rotatable bonds is 4. The Kier molecular flexibility index (Phi) is 5.27. The normalized spacial score (nSPS) is 18.1. The van der Waals surface area contributed by atoms with Crippen LogP contribution in [0.1, 0.15) is 33.0 Å². The summed E-state index contributed by atoms with van der Waals surface area (Å²) in [5.41, 5.74) is 1.82. The highest BCUT2D eigenvalue weighted by molar-refractivity contribution is 7.91. The molecule has 1 aromatic heterocycles. The summed E-state index contributed by atoms with van der Waals surface area (Å²) in [7, 11) is -1.53. The molecule has 0 aliphatic carbocycles. The van der Waals surface area contributed by atoms with Gasteiger partial charge in [-0.3, -0.25) is 9.59 Å². The van der Waals surface area contributed by atoms with Crippen LogP contribution in [0.25, 0.3) is 0 Å². The third-order valence-corrected chi connectivity index (χ3v) is 6.42. The Morgan fingerprint density at radius 1 is 1.11 bits per heavy atom. The number of anilines is 1. The van der Waals surface area contributed by atoms with Gasteiger partial charge in [-0.05, 0) is 37.1 Å². The Balaban J connectivity index is 1.76. The summed E-state index contributed by atoms with van der Waals surface area (Å²) in [6, 6.07) is 11.6. The highest BCUT2D eigenvalue weighted by atomic mass is 32.2. The first-order valence-electron chi connectivity index (χ1n) is 8.58. The average molecular weight is 387 g/mol. The second kappa shape index (κ2) is 7.48. The second-order valence-electron chi connectivity index (χ2n) is 6.65. The Hall–Kier alpha value is -2.74. The smallest absolute Gasteiger partial charge is 0.274 e. The van der Waals surface area contributed by atoms with E-state index in [-0.39, 0.29) is 28.9 Å². The maximum atomic E-state index is 12.7. The predicted molar refractivity (Wildman–Crippen MR) is 103 cm³/mol. The van der Waals surface area contributed by atoms with E-state index in [1.54, 1.807) is 19.2 Å². The number of hydrogen-bond acceptors (Lipinski definition) is 5. The van der Waals surface area contributed by atoms with Gasteiger partial charge in [0.1, 0.15) is 11.4 Å². The van der Waals surface area contributed by atoms with Crippen LogP contribution in [-0.4, -0.2) is 54.7 Å². The highest BCUT2D eigenvalue weighted by Crippen LogP contribution is 2.19. The monoisotopic (exact) mass is 387 g/mol. The number of amides is 2. The fraction of sp³-hybridized carbons (Fsp3) is 0.316. The van der Waals surface area contributed by atoms with Crippen molar-refractivity contribution in [2.24, 2.45) is 0 Å². The molecule has 3 rings (SSSR count). The number of carbonyl (C=O) groups excluding carboxylic acids is 2. The summed E-state index contributed by atoms with van der Waals surface area (Å²) in [6.07, 6.45) is 0.415. The van der Waals surface area contributed by atoms with Gasteiger partial charge in [0.15, 0.2) is 9.84 Å². The molecule has 1 aliphatic rings. The summed E-state index contributed by atoms with van der Waals surface area (Å²) in [5, 5.41) is 2.78. The van der Waals surface area contributed by atoms with Crippen molar-refractivity contribution in [3.63, 3.8) is 0 Å². The zero-order chi connectivity index (χ0) is 19.6. The zero-order valence-electron chi connectivity index (χ0n) is 15.2. The maximum Gasteiger partial charge on any atom is 0.274 e. The van der Waals surface area contributed by atoms with E-state index in [0.29, 0.717) is 12.1 Å². The van der Waals surface area contributed by atoms with Gasteiger partial charge in [0, 0.05) is 18.8 Å². The van der Waals surface area contributed by atoms with E-state index in [2.05, 4.69) is 10.3 Å². The van der Waals surface area contributed by atoms with Crippen molar-refractivity contribution in [3.8, 4) is 0 Å². The lowest BCUT2D eigenvalue weighted by molar-refractivity contribution is 0.0741. The van der Waals surface area contributed by atoms with Crippen LogP contribution in [0.2, 0.25) is 0 Å². The van der Waals surface area contributed by atoms with E-state index in [1.807, 2.05) is 25.1 Å². The van der Waals surface area contributed by atoms with Crippen molar-refractivity contribution in [2.45, 2.75) is 19.4 Å². The van der Waals surface area contributed by atoms with Crippen LogP contribution in [0.5, 0.6) is 0 Å². The molecule has 27 heavy (non-hydrogen) atoms. The molecule has 2 aromatic rings. The summed E-state index contributed by atoms with van der Waals surface area (Å²) in [4.78, 5) is 30.7. The van der Waals surface area contributed by atoms with Crippen molar-refractivity contribution in [1.82, 2.24) is 9.88 Å². The van der Waals surface area contributed by atoms with E-state index in [0.717, 1.165) is 5.56 Å². The summed E-state index contributed by atoms with van der Waals surface area (Å²) < 4.78 is 23.3. The molecule has 1 aliphatic heterocycles. The van der Waals surface area contributed by atoms with Crippen molar-refractivity contribution >= 4 is 27.3 Å². The lowest BCUT2D eigenvalue weighted by atomic mass is 10.2. The quantitative estimate of drug-likeness (QED) is 0.864. The molecule has 1 unspecified atom stereocenters. The lowest BCUT2D eigenvalue weighted by Crippen LogP contribution is -2.38. The molecule has 1 atom stereocenters. The van der Waals surface area contributed by atoms with E-state index in [9.17, 15) is 18.0 Å². The number of aromatic nitrogens is 1. The fourth-order valence-corrected chi connectivity index (χ4v) is 4.78. The van der Waals surface area contributed by atoms with Crippen molar-refractivity contribution < 1.29 is 18.0 Å². The molecule has 1 saturated heterocycles. The number of nitrogens with one attached hydrogen (secondary N) is 1. The van der Waals surface area contributed by atoms with Crippen molar-refractivity contribution in [1.29, 1.82) is 0 Å². The molecule has 0 spiro atoms. The Morgan fingerprint density at radius 3 is 2.48 bits per heavy atom. The number of carbonyl (C=O) groups is 2. The van der Waals surface area contributed by atoms with Crippen molar-refractivity contribution in [2.75, 3.05) is 23.9 Å². The van der Waals surface area contributed by atoms with Gasteiger partial charge < -0.3 is 10.2 Å². The topological polar surface area (TPSA) is 96.4 Å².